The van der Waals surface area contributed by atoms with Crippen LogP contribution >= 0.6 is 0 Å². The summed E-state index contributed by atoms with van der Waals surface area (Å²) in [4.78, 5) is 11.8. The molecule has 0 bridgehead atoms. The summed E-state index contributed by atoms with van der Waals surface area (Å²) in [6.45, 7) is 4.17. The van der Waals surface area contributed by atoms with Gasteiger partial charge < -0.3 is 20.1 Å². The molecule has 5 heteroatoms. The smallest absolute Gasteiger partial charge is 0.234 e. The molecule has 1 aliphatic heterocycles. The maximum absolute atomic E-state index is 11.8. The Morgan fingerprint density at radius 3 is 3.14 bits per heavy atom. The first-order valence-corrected chi connectivity index (χ1v) is 7.43. The molecular formula is C16H24N2O3. The van der Waals surface area contributed by atoms with Crippen molar-refractivity contribution in [3.63, 3.8) is 0 Å². The lowest BCUT2D eigenvalue weighted by Crippen LogP contribution is -2.37. The summed E-state index contributed by atoms with van der Waals surface area (Å²) in [6.07, 6.45) is 1.96. The minimum atomic E-state index is -0.00795. The van der Waals surface area contributed by atoms with E-state index in [9.17, 15) is 4.79 Å². The molecule has 0 aromatic heterocycles. The zero-order valence-electron chi connectivity index (χ0n) is 12.8. The van der Waals surface area contributed by atoms with Gasteiger partial charge in [0.1, 0.15) is 5.75 Å². The van der Waals surface area contributed by atoms with E-state index in [2.05, 4.69) is 29.7 Å². The molecule has 5 nitrogen and oxygen atoms in total. The van der Waals surface area contributed by atoms with Crippen LogP contribution in [0, 0.1) is 6.92 Å². The summed E-state index contributed by atoms with van der Waals surface area (Å²) in [7, 11) is 1.62. The molecule has 1 aromatic carbocycles. The van der Waals surface area contributed by atoms with Gasteiger partial charge in [-0.1, -0.05) is 18.2 Å². The minimum Gasteiger partial charge on any atom is -0.493 e. The lowest BCUT2D eigenvalue weighted by atomic mass is 10.00. The second-order valence-electron chi connectivity index (χ2n) is 5.26. The first-order chi connectivity index (χ1) is 10.2. The average molecular weight is 292 g/mol. The molecule has 0 saturated heterocycles. The molecule has 1 atom stereocenters. The Bertz CT molecular complexity index is 477. The largest absolute Gasteiger partial charge is 0.493 e. The Kier molecular flexibility index (Phi) is 6.02. The monoisotopic (exact) mass is 292 g/mol. The van der Waals surface area contributed by atoms with E-state index in [1.807, 2.05) is 6.07 Å². The highest BCUT2D eigenvalue weighted by Gasteiger charge is 2.21. The predicted molar refractivity (Wildman–Crippen MR) is 81.5 cm³/mol. The van der Waals surface area contributed by atoms with Crippen LogP contribution in [0.15, 0.2) is 18.2 Å². The molecule has 2 N–H and O–H groups in total. The first-order valence-electron chi connectivity index (χ1n) is 7.43. The summed E-state index contributed by atoms with van der Waals surface area (Å²) in [6, 6.07) is 6.33. The Labute approximate surface area is 126 Å². The van der Waals surface area contributed by atoms with Gasteiger partial charge in [0.15, 0.2) is 0 Å². The first kappa shape index (κ1) is 15.8. The van der Waals surface area contributed by atoms with E-state index in [0.717, 1.165) is 36.3 Å². The van der Waals surface area contributed by atoms with Crippen molar-refractivity contribution >= 4 is 5.91 Å². The van der Waals surface area contributed by atoms with Gasteiger partial charge in [-0.15, -0.1) is 0 Å². The molecule has 1 heterocycles. The van der Waals surface area contributed by atoms with Crippen LogP contribution in [0.1, 0.15) is 30.0 Å². The molecule has 0 aliphatic carbocycles. The van der Waals surface area contributed by atoms with Crippen molar-refractivity contribution in [3.8, 4) is 5.75 Å². The predicted octanol–water partition coefficient (Wildman–Crippen LogP) is 1.56. The lowest BCUT2D eigenvalue weighted by Gasteiger charge is -2.19. The molecule has 0 saturated carbocycles. The van der Waals surface area contributed by atoms with Gasteiger partial charge in [0.2, 0.25) is 5.91 Å². The number of carbonyl (C=O) groups is 1. The standard InChI is InChI=1S/C16H24N2O3/c1-12-5-3-6-13-14(7-4-9-21-16(12)13)18-11-15(19)17-8-10-20-2/h3,5-6,14,18H,4,7-11H2,1-2H3,(H,17,19). The van der Waals surface area contributed by atoms with Gasteiger partial charge in [-0.3, -0.25) is 4.79 Å². The molecule has 116 valence electrons. The van der Waals surface area contributed by atoms with Crippen molar-refractivity contribution in [1.29, 1.82) is 0 Å². The van der Waals surface area contributed by atoms with Crippen LogP contribution in [-0.4, -0.2) is 39.3 Å². The molecule has 1 unspecified atom stereocenters. The maximum atomic E-state index is 11.8. The quantitative estimate of drug-likeness (QED) is 0.781. The van der Waals surface area contributed by atoms with Crippen LogP contribution in [0.25, 0.3) is 0 Å². The van der Waals surface area contributed by atoms with Gasteiger partial charge >= 0.3 is 0 Å². The number of ether oxygens (including phenoxy) is 2. The molecule has 0 spiro atoms. The zero-order valence-corrected chi connectivity index (χ0v) is 12.8. The van der Waals surface area contributed by atoms with Gasteiger partial charge in [0.25, 0.3) is 0 Å². The molecule has 1 aliphatic rings. The number of rotatable bonds is 6. The van der Waals surface area contributed by atoms with E-state index in [1.165, 1.54) is 0 Å². The fourth-order valence-electron chi connectivity index (χ4n) is 2.55. The van der Waals surface area contributed by atoms with E-state index >= 15 is 0 Å². The summed E-state index contributed by atoms with van der Waals surface area (Å²) in [5.74, 6) is 0.957. The number of nitrogens with one attached hydrogen (secondary N) is 2. The second-order valence-corrected chi connectivity index (χ2v) is 5.26. The molecule has 1 aromatic rings. The summed E-state index contributed by atoms with van der Waals surface area (Å²) >= 11 is 0. The average Bonchev–Trinajstić information content (AvgIpc) is 2.69. The van der Waals surface area contributed by atoms with Crippen molar-refractivity contribution in [2.75, 3.05) is 33.4 Å². The molecule has 0 fully saturated rings. The topological polar surface area (TPSA) is 59.6 Å². The number of fused-ring (bicyclic) bond motifs is 1. The van der Waals surface area contributed by atoms with Crippen molar-refractivity contribution in [2.24, 2.45) is 0 Å². The highest BCUT2D eigenvalue weighted by molar-refractivity contribution is 5.78. The van der Waals surface area contributed by atoms with Gasteiger partial charge in [0.05, 0.1) is 19.8 Å². The molecule has 1 amide bonds. The zero-order chi connectivity index (χ0) is 15.1. The Morgan fingerprint density at radius 1 is 1.48 bits per heavy atom. The van der Waals surface area contributed by atoms with Crippen molar-refractivity contribution < 1.29 is 14.3 Å². The van der Waals surface area contributed by atoms with Crippen LogP contribution in [0.2, 0.25) is 0 Å². The van der Waals surface area contributed by atoms with Crippen LogP contribution in [-0.2, 0) is 9.53 Å². The number of para-hydroxylation sites is 1. The Balaban J connectivity index is 1.94. The van der Waals surface area contributed by atoms with Crippen LogP contribution in [0.4, 0.5) is 0 Å². The third-order valence-electron chi connectivity index (χ3n) is 3.64. The Morgan fingerprint density at radius 2 is 2.33 bits per heavy atom. The van der Waals surface area contributed by atoms with Crippen LogP contribution in [0.3, 0.4) is 0 Å². The number of benzene rings is 1. The lowest BCUT2D eigenvalue weighted by molar-refractivity contribution is -0.120. The molecule has 2 rings (SSSR count). The van der Waals surface area contributed by atoms with E-state index in [0.29, 0.717) is 19.7 Å². The third-order valence-corrected chi connectivity index (χ3v) is 3.64. The Hall–Kier alpha value is -1.59. The van der Waals surface area contributed by atoms with E-state index in [1.54, 1.807) is 7.11 Å². The minimum absolute atomic E-state index is 0.00795. The number of methoxy groups -OCH3 is 1. The van der Waals surface area contributed by atoms with Gasteiger partial charge in [-0.2, -0.15) is 0 Å². The third kappa shape index (κ3) is 4.44. The summed E-state index contributed by atoms with van der Waals surface area (Å²) in [5, 5.41) is 6.16. The number of hydrogen-bond donors (Lipinski definition) is 2. The number of carbonyl (C=O) groups excluding carboxylic acids is 1. The fraction of sp³-hybridized carbons (Fsp3) is 0.562. The van der Waals surface area contributed by atoms with Crippen LogP contribution in [0.5, 0.6) is 5.75 Å². The van der Waals surface area contributed by atoms with E-state index in [-0.39, 0.29) is 11.9 Å². The summed E-state index contributed by atoms with van der Waals surface area (Å²) in [5.41, 5.74) is 2.29. The highest BCUT2D eigenvalue weighted by atomic mass is 16.5. The normalized spacial score (nSPS) is 17.5. The molecule has 21 heavy (non-hydrogen) atoms. The van der Waals surface area contributed by atoms with E-state index < -0.39 is 0 Å². The fourth-order valence-corrected chi connectivity index (χ4v) is 2.55. The number of hydrogen-bond acceptors (Lipinski definition) is 4. The van der Waals surface area contributed by atoms with Gasteiger partial charge in [0, 0.05) is 25.3 Å². The van der Waals surface area contributed by atoms with Crippen molar-refractivity contribution in [3.05, 3.63) is 29.3 Å². The van der Waals surface area contributed by atoms with E-state index in [4.69, 9.17) is 9.47 Å². The van der Waals surface area contributed by atoms with Gasteiger partial charge in [-0.25, -0.2) is 0 Å². The SMILES string of the molecule is COCCNC(=O)CNC1CCCOc2c(C)cccc21. The second kappa shape index (κ2) is 8.00. The van der Waals surface area contributed by atoms with Crippen molar-refractivity contribution in [2.45, 2.75) is 25.8 Å². The number of amides is 1. The van der Waals surface area contributed by atoms with Gasteiger partial charge in [-0.05, 0) is 25.3 Å². The van der Waals surface area contributed by atoms with Crippen LogP contribution < -0.4 is 15.4 Å². The maximum Gasteiger partial charge on any atom is 0.234 e. The number of aryl methyl sites for hydroxylation is 1. The van der Waals surface area contributed by atoms with Crippen molar-refractivity contribution in [1.82, 2.24) is 10.6 Å². The highest BCUT2D eigenvalue weighted by Crippen LogP contribution is 2.33. The summed E-state index contributed by atoms with van der Waals surface area (Å²) < 4.78 is 10.7. The molecular weight excluding hydrogens is 268 g/mol. The molecule has 0 radical (unpaired) electrons.